The highest BCUT2D eigenvalue weighted by atomic mass is 35.5. The first-order chi connectivity index (χ1) is 10.1. The van der Waals surface area contributed by atoms with Crippen LogP contribution >= 0.6 is 22.9 Å². The molecule has 3 aromatic heterocycles. The fourth-order valence-electron chi connectivity index (χ4n) is 2.92. The molecule has 0 unspecified atom stereocenters. The summed E-state index contributed by atoms with van der Waals surface area (Å²) in [5.74, 6) is 0.637. The fraction of sp³-hybridized carbons (Fsp3) is 0.357. The number of rotatable bonds is 2. The van der Waals surface area contributed by atoms with Crippen LogP contribution in [0.2, 0.25) is 5.02 Å². The molecule has 1 aliphatic carbocycles. The van der Waals surface area contributed by atoms with Gasteiger partial charge in [0.2, 0.25) is 0 Å². The third kappa shape index (κ3) is 2.01. The Kier molecular flexibility index (Phi) is 2.90. The molecule has 7 heteroatoms. The third-order valence-corrected chi connectivity index (χ3v) is 5.47. The summed E-state index contributed by atoms with van der Waals surface area (Å²) in [7, 11) is 1.83. The monoisotopic (exact) mass is 320 g/mol. The Balaban J connectivity index is 1.83. The predicted molar refractivity (Wildman–Crippen MR) is 83.3 cm³/mol. The van der Waals surface area contributed by atoms with Gasteiger partial charge in [-0.2, -0.15) is 5.10 Å². The van der Waals surface area contributed by atoms with Crippen molar-refractivity contribution in [2.75, 3.05) is 0 Å². The molecule has 0 bridgehead atoms. The number of aryl methyl sites for hydroxylation is 3. The number of thiophene rings is 1. The molecule has 1 aliphatic rings. The molecule has 0 atom stereocenters. The molecule has 0 saturated heterocycles. The molecular formula is C14H13ClN4OS. The Morgan fingerprint density at radius 1 is 1.48 bits per heavy atom. The molecular weight excluding hydrogens is 308 g/mol. The van der Waals surface area contributed by atoms with Crippen LogP contribution in [0, 0.1) is 0 Å². The van der Waals surface area contributed by atoms with Gasteiger partial charge in [-0.1, -0.05) is 11.6 Å². The molecule has 0 saturated carbocycles. The number of fused-ring (bicyclic) bond motifs is 3. The lowest BCUT2D eigenvalue weighted by Gasteiger charge is -2.03. The van der Waals surface area contributed by atoms with Crippen LogP contribution in [0.15, 0.2) is 11.0 Å². The molecule has 3 aromatic rings. The zero-order valence-electron chi connectivity index (χ0n) is 11.4. The second-order valence-corrected chi connectivity index (χ2v) is 6.78. The van der Waals surface area contributed by atoms with Gasteiger partial charge in [0.15, 0.2) is 0 Å². The summed E-state index contributed by atoms with van der Waals surface area (Å²) in [5.41, 5.74) is 2.02. The summed E-state index contributed by atoms with van der Waals surface area (Å²) >= 11 is 7.76. The Morgan fingerprint density at radius 2 is 2.33 bits per heavy atom. The van der Waals surface area contributed by atoms with Gasteiger partial charge in [-0.3, -0.25) is 9.48 Å². The van der Waals surface area contributed by atoms with Gasteiger partial charge >= 0.3 is 0 Å². The maximum absolute atomic E-state index is 12.4. The molecule has 0 fully saturated rings. The van der Waals surface area contributed by atoms with Gasteiger partial charge in [0, 0.05) is 18.3 Å². The Morgan fingerprint density at radius 3 is 3.10 bits per heavy atom. The van der Waals surface area contributed by atoms with Gasteiger partial charge in [0.1, 0.15) is 10.7 Å². The zero-order chi connectivity index (χ0) is 14.6. The van der Waals surface area contributed by atoms with Crippen LogP contribution in [0.1, 0.15) is 28.4 Å². The lowest BCUT2D eigenvalue weighted by atomic mass is 10.2. The first-order valence-corrected chi connectivity index (χ1v) is 8.02. The van der Waals surface area contributed by atoms with E-state index in [1.807, 2.05) is 7.05 Å². The molecule has 1 N–H and O–H groups in total. The van der Waals surface area contributed by atoms with Gasteiger partial charge < -0.3 is 4.98 Å². The van der Waals surface area contributed by atoms with Crippen molar-refractivity contribution in [2.45, 2.75) is 25.7 Å². The molecule has 108 valence electrons. The van der Waals surface area contributed by atoms with E-state index in [1.165, 1.54) is 10.4 Å². The first kappa shape index (κ1) is 13.0. The van der Waals surface area contributed by atoms with Crippen LogP contribution in [0.5, 0.6) is 0 Å². The van der Waals surface area contributed by atoms with Crippen molar-refractivity contribution in [1.82, 2.24) is 19.7 Å². The van der Waals surface area contributed by atoms with E-state index in [2.05, 4.69) is 15.1 Å². The summed E-state index contributed by atoms with van der Waals surface area (Å²) in [4.78, 5) is 22.1. The quantitative estimate of drug-likeness (QED) is 0.789. The van der Waals surface area contributed by atoms with E-state index in [9.17, 15) is 4.79 Å². The SMILES string of the molecule is Cn1ncc(Cl)c1Cc1nc2sc3c(c2c(=O)[nH]1)CCC3. The van der Waals surface area contributed by atoms with Crippen LogP contribution in [0.4, 0.5) is 0 Å². The minimum Gasteiger partial charge on any atom is -0.310 e. The fourth-order valence-corrected chi connectivity index (χ4v) is 4.44. The standard InChI is InChI=1S/C14H13ClN4OS/c1-19-9(8(15)6-16-19)5-11-17-13(20)12-7-3-2-4-10(7)21-14(12)18-11/h6H,2-5H2,1H3,(H,17,18,20). The van der Waals surface area contributed by atoms with E-state index < -0.39 is 0 Å². The van der Waals surface area contributed by atoms with E-state index in [1.54, 1.807) is 22.2 Å². The van der Waals surface area contributed by atoms with Crippen molar-refractivity contribution in [3.8, 4) is 0 Å². The number of H-pyrrole nitrogens is 1. The van der Waals surface area contributed by atoms with E-state index in [4.69, 9.17) is 11.6 Å². The zero-order valence-corrected chi connectivity index (χ0v) is 13.0. The second-order valence-electron chi connectivity index (χ2n) is 5.29. The highest BCUT2D eigenvalue weighted by molar-refractivity contribution is 7.18. The van der Waals surface area contributed by atoms with Gasteiger partial charge in [-0.05, 0) is 24.8 Å². The first-order valence-electron chi connectivity index (χ1n) is 6.83. The maximum atomic E-state index is 12.4. The summed E-state index contributed by atoms with van der Waals surface area (Å²) in [6.07, 6.45) is 5.28. The van der Waals surface area contributed by atoms with E-state index >= 15 is 0 Å². The van der Waals surface area contributed by atoms with E-state index in [0.29, 0.717) is 17.3 Å². The number of nitrogens with one attached hydrogen (secondary N) is 1. The minimum atomic E-state index is -0.0345. The average Bonchev–Trinajstić information content (AvgIpc) is 3.08. The van der Waals surface area contributed by atoms with Crippen LogP contribution in [-0.2, 0) is 26.3 Å². The summed E-state index contributed by atoms with van der Waals surface area (Å²) < 4.78 is 1.71. The smallest absolute Gasteiger partial charge is 0.259 e. The molecule has 0 radical (unpaired) electrons. The largest absolute Gasteiger partial charge is 0.310 e. The average molecular weight is 321 g/mol. The normalized spacial score (nSPS) is 14.0. The number of aromatic amines is 1. The molecule has 5 nitrogen and oxygen atoms in total. The van der Waals surface area contributed by atoms with Crippen molar-refractivity contribution < 1.29 is 0 Å². The maximum Gasteiger partial charge on any atom is 0.259 e. The van der Waals surface area contributed by atoms with Crippen molar-refractivity contribution in [2.24, 2.45) is 7.05 Å². The number of aromatic nitrogens is 4. The van der Waals surface area contributed by atoms with Gasteiger partial charge in [-0.15, -0.1) is 11.3 Å². The molecule has 0 aliphatic heterocycles. The second kappa shape index (κ2) is 4.68. The predicted octanol–water partition coefficient (Wildman–Crippen LogP) is 2.45. The van der Waals surface area contributed by atoms with Crippen LogP contribution in [-0.4, -0.2) is 19.7 Å². The summed E-state index contributed by atoms with van der Waals surface area (Å²) in [5, 5.41) is 5.48. The van der Waals surface area contributed by atoms with Crippen molar-refractivity contribution in [3.63, 3.8) is 0 Å². The third-order valence-electron chi connectivity index (χ3n) is 3.97. The van der Waals surface area contributed by atoms with Gasteiger partial charge in [0.05, 0.1) is 22.3 Å². The molecule has 0 spiro atoms. The number of halogens is 1. The van der Waals surface area contributed by atoms with E-state index in [-0.39, 0.29) is 5.56 Å². The van der Waals surface area contributed by atoms with E-state index in [0.717, 1.165) is 35.2 Å². The number of hydrogen-bond donors (Lipinski definition) is 1. The minimum absolute atomic E-state index is 0.0345. The number of nitrogens with zero attached hydrogens (tertiary/aromatic N) is 3. The molecule has 3 heterocycles. The lowest BCUT2D eigenvalue weighted by Crippen LogP contribution is -2.13. The summed E-state index contributed by atoms with van der Waals surface area (Å²) in [6.45, 7) is 0. The van der Waals surface area contributed by atoms with Crippen molar-refractivity contribution >= 4 is 33.2 Å². The molecule has 21 heavy (non-hydrogen) atoms. The van der Waals surface area contributed by atoms with Gasteiger partial charge in [0.25, 0.3) is 5.56 Å². The van der Waals surface area contributed by atoms with Crippen LogP contribution in [0.25, 0.3) is 10.2 Å². The lowest BCUT2D eigenvalue weighted by molar-refractivity contribution is 0.716. The van der Waals surface area contributed by atoms with Crippen molar-refractivity contribution in [1.29, 1.82) is 0 Å². The van der Waals surface area contributed by atoms with Crippen LogP contribution in [0.3, 0.4) is 0 Å². The highest BCUT2D eigenvalue weighted by Crippen LogP contribution is 2.34. The molecule has 0 aromatic carbocycles. The molecule has 0 amide bonds. The Bertz CT molecular complexity index is 888. The van der Waals surface area contributed by atoms with Crippen molar-refractivity contribution in [3.05, 3.63) is 43.5 Å². The van der Waals surface area contributed by atoms with Gasteiger partial charge in [-0.25, -0.2) is 4.98 Å². The molecule has 4 rings (SSSR count). The Hall–Kier alpha value is -1.66. The topological polar surface area (TPSA) is 63.6 Å². The highest BCUT2D eigenvalue weighted by Gasteiger charge is 2.21. The Labute approximate surface area is 129 Å². The van der Waals surface area contributed by atoms with Crippen LogP contribution < -0.4 is 5.56 Å². The number of hydrogen-bond acceptors (Lipinski definition) is 4. The summed E-state index contributed by atoms with van der Waals surface area (Å²) in [6, 6.07) is 0.